The second-order valence-electron chi connectivity index (χ2n) is 4.64. The molecule has 2 aromatic rings. The van der Waals surface area contributed by atoms with Gasteiger partial charge in [-0.1, -0.05) is 11.6 Å². The van der Waals surface area contributed by atoms with E-state index < -0.39 is 21.7 Å². The predicted octanol–water partition coefficient (Wildman–Crippen LogP) is 2.67. The van der Waals surface area contributed by atoms with Crippen LogP contribution in [-0.4, -0.2) is 35.8 Å². The fourth-order valence-corrected chi connectivity index (χ4v) is 5.65. The maximum Gasteiger partial charge on any atom is 0.278 e. The van der Waals surface area contributed by atoms with Crippen molar-refractivity contribution in [3.8, 4) is 0 Å². The number of carbonyl (C=O) groups excluding carboxylic acids is 1. The van der Waals surface area contributed by atoms with Crippen LogP contribution >= 0.6 is 34.3 Å². The van der Waals surface area contributed by atoms with Crippen molar-refractivity contribution in [2.24, 2.45) is 0 Å². The number of hydrogen-bond acceptors (Lipinski definition) is 7. The number of likely N-dealkylation sites (N-methyl/N-ethyl adjacent to an activating group) is 1. The molecule has 1 amide bonds. The summed E-state index contributed by atoms with van der Waals surface area (Å²) in [6, 6.07) is 1.25. The molecule has 0 fully saturated rings. The number of thiazole rings is 1. The zero-order valence-electron chi connectivity index (χ0n) is 11.8. The minimum atomic E-state index is -3.95. The zero-order valence-corrected chi connectivity index (χ0v) is 15.0. The number of rotatable bonds is 2. The van der Waals surface area contributed by atoms with Crippen molar-refractivity contribution in [2.45, 2.75) is 11.8 Å². The van der Waals surface area contributed by atoms with E-state index in [2.05, 4.69) is 10.3 Å². The van der Waals surface area contributed by atoms with Gasteiger partial charge in [-0.15, -0.1) is 22.7 Å². The lowest BCUT2D eigenvalue weighted by molar-refractivity contribution is -0.113. The van der Waals surface area contributed by atoms with Gasteiger partial charge in [-0.25, -0.2) is 13.4 Å². The fourth-order valence-electron chi connectivity index (χ4n) is 2.05. The van der Waals surface area contributed by atoms with Crippen LogP contribution in [0.15, 0.2) is 22.9 Å². The number of amides is 1. The molecule has 1 aliphatic heterocycles. The van der Waals surface area contributed by atoms with Gasteiger partial charge in [0, 0.05) is 18.1 Å². The first-order valence-corrected chi connectivity index (χ1v) is 9.62. The van der Waals surface area contributed by atoms with Crippen molar-refractivity contribution < 1.29 is 18.3 Å². The summed E-state index contributed by atoms with van der Waals surface area (Å²) < 4.78 is 25.9. The first-order chi connectivity index (χ1) is 10.7. The Hall–Kier alpha value is -1.62. The number of halogens is 1. The van der Waals surface area contributed by atoms with Crippen LogP contribution in [0.1, 0.15) is 9.75 Å². The predicted molar refractivity (Wildman–Crippen MR) is 89.3 cm³/mol. The summed E-state index contributed by atoms with van der Waals surface area (Å²) in [6.07, 6.45) is 1.58. The highest BCUT2D eigenvalue weighted by Crippen LogP contribution is 2.41. The average Bonchev–Trinajstić information content (AvgIpc) is 3.04. The molecule has 0 aromatic carbocycles. The lowest BCUT2D eigenvalue weighted by Gasteiger charge is -2.26. The molecule has 0 aliphatic carbocycles. The highest BCUT2D eigenvalue weighted by atomic mass is 35.5. The number of nitrogens with zero attached hydrogens (tertiary/aromatic N) is 2. The van der Waals surface area contributed by atoms with Gasteiger partial charge in [0.1, 0.15) is 4.90 Å². The van der Waals surface area contributed by atoms with Crippen molar-refractivity contribution in [1.82, 2.24) is 9.29 Å². The van der Waals surface area contributed by atoms with Crippen molar-refractivity contribution in [2.75, 3.05) is 12.4 Å². The number of anilines is 1. The molecule has 1 aliphatic rings. The molecule has 2 N–H and O–H groups in total. The van der Waals surface area contributed by atoms with Crippen LogP contribution in [0.25, 0.3) is 5.76 Å². The first-order valence-electron chi connectivity index (χ1n) is 6.17. The standard InChI is InChI=1S/C12H10ClN3O4S3/c1-5-4-14-12(21-5)15-11(18)8-9(17)10-6(3-7(13)22-10)23(19,20)16(8)2/h3-4,17H,1-2H3,(H,14,15,18). The van der Waals surface area contributed by atoms with E-state index in [0.717, 1.165) is 20.5 Å². The van der Waals surface area contributed by atoms with Crippen LogP contribution in [0.4, 0.5) is 5.13 Å². The molecule has 11 heteroatoms. The Kier molecular flexibility index (Phi) is 3.87. The Bertz CT molecular complexity index is 945. The Morgan fingerprint density at radius 3 is 2.74 bits per heavy atom. The second-order valence-corrected chi connectivity index (χ2v) is 9.50. The number of aryl methyl sites for hydroxylation is 1. The quantitative estimate of drug-likeness (QED) is 0.819. The number of nitrogens with one attached hydrogen (secondary N) is 1. The lowest BCUT2D eigenvalue weighted by atomic mass is 10.3. The topological polar surface area (TPSA) is 99.6 Å². The number of aromatic nitrogens is 1. The van der Waals surface area contributed by atoms with Gasteiger partial charge in [0.2, 0.25) is 0 Å². The minimum Gasteiger partial charge on any atom is -0.504 e. The number of fused-ring (bicyclic) bond motifs is 1. The molecule has 0 saturated carbocycles. The lowest BCUT2D eigenvalue weighted by Crippen LogP contribution is -2.36. The third-order valence-electron chi connectivity index (χ3n) is 3.12. The van der Waals surface area contributed by atoms with Gasteiger partial charge in [-0.3, -0.25) is 14.4 Å². The summed E-state index contributed by atoms with van der Waals surface area (Å²) >= 11 is 7.98. The van der Waals surface area contributed by atoms with E-state index in [1.807, 2.05) is 6.92 Å². The van der Waals surface area contributed by atoms with Crippen molar-refractivity contribution in [3.05, 3.63) is 32.1 Å². The Morgan fingerprint density at radius 1 is 1.43 bits per heavy atom. The number of carbonyl (C=O) groups is 1. The number of aliphatic hydroxyl groups excluding tert-OH is 1. The third kappa shape index (κ3) is 2.61. The maximum absolute atomic E-state index is 12.5. The third-order valence-corrected chi connectivity index (χ3v) is 7.13. The molecule has 0 radical (unpaired) electrons. The molecule has 3 heterocycles. The van der Waals surface area contributed by atoms with Crippen LogP contribution in [-0.2, 0) is 14.8 Å². The largest absolute Gasteiger partial charge is 0.504 e. The van der Waals surface area contributed by atoms with Gasteiger partial charge >= 0.3 is 0 Å². The van der Waals surface area contributed by atoms with E-state index in [4.69, 9.17) is 11.6 Å². The molecule has 122 valence electrons. The van der Waals surface area contributed by atoms with Crippen LogP contribution in [0.3, 0.4) is 0 Å². The molecule has 0 bridgehead atoms. The van der Waals surface area contributed by atoms with E-state index in [9.17, 15) is 18.3 Å². The average molecular weight is 392 g/mol. The van der Waals surface area contributed by atoms with E-state index in [1.165, 1.54) is 24.5 Å². The molecule has 7 nitrogen and oxygen atoms in total. The smallest absolute Gasteiger partial charge is 0.278 e. The Morgan fingerprint density at radius 2 is 2.13 bits per heavy atom. The molecule has 3 rings (SSSR count). The van der Waals surface area contributed by atoms with Crippen molar-refractivity contribution in [1.29, 1.82) is 0 Å². The molecular weight excluding hydrogens is 382 g/mol. The molecule has 0 unspecified atom stereocenters. The number of hydrogen-bond donors (Lipinski definition) is 2. The van der Waals surface area contributed by atoms with Crippen molar-refractivity contribution in [3.63, 3.8) is 0 Å². The second kappa shape index (κ2) is 5.48. The van der Waals surface area contributed by atoms with E-state index in [-0.39, 0.29) is 19.8 Å². The zero-order chi connectivity index (χ0) is 16.9. The highest BCUT2D eigenvalue weighted by molar-refractivity contribution is 7.89. The summed E-state index contributed by atoms with van der Waals surface area (Å²) in [6.45, 7) is 1.82. The maximum atomic E-state index is 12.5. The summed E-state index contributed by atoms with van der Waals surface area (Å²) in [7, 11) is -2.75. The number of aliphatic hydroxyl groups is 1. The van der Waals surface area contributed by atoms with Gasteiger partial charge in [0.25, 0.3) is 15.9 Å². The van der Waals surface area contributed by atoms with Gasteiger partial charge in [-0.05, 0) is 13.0 Å². The van der Waals surface area contributed by atoms with Gasteiger partial charge in [0.15, 0.2) is 16.6 Å². The summed E-state index contributed by atoms with van der Waals surface area (Å²) in [5.41, 5.74) is -0.371. The first kappa shape index (κ1) is 16.2. The van der Waals surface area contributed by atoms with Crippen LogP contribution in [0.2, 0.25) is 4.34 Å². The highest BCUT2D eigenvalue weighted by Gasteiger charge is 2.39. The van der Waals surface area contributed by atoms with E-state index in [1.54, 1.807) is 6.20 Å². The Labute approximate surface area is 144 Å². The molecule has 23 heavy (non-hydrogen) atoms. The van der Waals surface area contributed by atoms with Gasteiger partial charge in [-0.2, -0.15) is 0 Å². The number of thiophene rings is 1. The van der Waals surface area contributed by atoms with Crippen molar-refractivity contribution >= 4 is 61.1 Å². The molecular formula is C12H10ClN3O4S3. The van der Waals surface area contributed by atoms with Crippen LogP contribution in [0.5, 0.6) is 0 Å². The van der Waals surface area contributed by atoms with Gasteiger partial charge < -0.3 is 5.11 Å². The monoisotopic (exact) mass is 391 g/mol. The summed E-state index contributed by atoms with van der Waals surface area (Å²) in [5, 5.41) is 13.1. The summed E-state index contributed by atoms with van der Waals surface area (Å²) in [5.74, 6) is -1.20. The minimum absolute atomic E-state index is 0.0496. The molecule has 0 atom stereocenters. The number of sulfonamides is 1. The molecule has 0 saturated heterocycles. The van der Waals surface area contributed by atoms with Crippen LogP contribution < -0.4 is 5.32 Å². The van der Waals surface area contributed by atoms with E-state index in [0.29, 0.717) is 5.13 Å². The molecule has 0 spiro atoms. The summed E-state index contributed by atoms with van der Waals surface area (Å²) in [4.78, 5) is 17.2. The van der Waals surface area contributed by atoms with Crippen LogP contribution in [0, 0.1) is 6.92 Å². The van der Waals surface area contributed by atoms with E-state index >= 15 is 0 Å². The molecule has 2 aromatic heterocycles. The Balaban J connectivity index is 2.08. The normalized spacial score (nSPS) is 16.4. The SMILES string of the molecule is Cc1cnc(NC(=O)C2=C(O)c3sc(Cl)cc3S(=O)(=O)N2C)s1. The fraction of sp³-hybridized carbons (Fsp3) is 0.167. The van der Waals surface area contributed by atoms with Gasteiger partial charge in [0.05, 0.1) is 9.21 Å².